The van der Waals surface area contributed by atoms with Gasteiger partial charge in [0.25, 0.3) is 5.91 Å². The molecule has 132 valence electrons. The number of morpholine rings is 1. The summed E-state index contributed by atoms with van der Waals surface area (Å²) in [6.45, 7) is 3.13. The van der Waals surface area contributed by atoms with Crippen LogP contribution >= 0.6 is 15.9 Å². The maximum atomic E-state index is 12.4. The molecule has 0 radical (unpaired) electrons. The van der Waals surface area contributed by atoms with E-state index in [1.165, 1.54) is 6.26 Å². The highest BCUT2D eigenvalue weighted by molar-refractivity contribution is 9.10. The Hall–Kier alpha value is -2.12. The minimum atomic E-state index is -0.308. The van der Waals surface area contributed by atoms with Gasteiger partial charge in [0.05, 0.1) is 31.5 Å². The molecule has 3 rings (SSSR count). The van der Waals surface area contributed by atoms with E-state index < -0.39 is 0 Å². The Morgan fingerprint density at radius 2 is 2.04 bits per heavy atom. The second-order valence-electron chi connectivity index (χ2n) is 5.82. The molecule has 2 amide bonds. The molecule has 1 fully saturated rings. The fourth-order valence-electron chi connectivity index (χ4n) is 2.74. The summed E-state index contributed by atoms with van der Waals surface area (Å²) in [6.07, 6.45) is 1.30. The second kappa shape index (κ2) is 7.84. The number of hydrogen-bond acceptors (Lipinski definition) is 4. The number of ether oxygens (including phenoxy) is 1. The molecule has 7 heteroatoms. The second-order valence-corrected chi connectivity index (χ2v) is 6.74. The van der Waals surface area contributed by atoms with Gasteiger partial charge in [-0.25, -0.2) is 0 Å². The quantitative estimate of drug-likeness (QED) is 0.846. The molecule has 1 aliphatic rings. The van der Waals surface area contributed by atoms with Gasteiger partial charge in [-0.3, -0.25) is 9.59 Å². The third kappa shape index (κ3) is 4.29. The number of furan rings is 1. The maximum absolute atomic E-state index is 12.4. The standard InChI is InChI=1S/C18H19BrN2O4/c1-12-15(6-8-24-12)18(23)20-10-17(22)21-7-9-25-16(11-21)13-2-4-14(19)5-3-13/h2-6,8,16H,7,9-11H2,1H3,(H,20,23). The monoisotopic (exact) mass is 406 g/mol. The molecule has 0 saturated carbocycles. The van der Waals surface area contributed by atoms with Gasteiger partial charge in [-0.2, -0.15) is 0 Å². The fraction of sp³-hybridized carbons (Fsp3) is 0.333. The molecule has 1 atom stereocenters. The first kappa shape index (κ1) is 17.7. The molecule has 0 bridgehead atoms. The van der Waals surface area contributed by atoms with E-state index in [0.29, 0.717) is 31.0 Å². The lowest BCUT2D eigenvalue weighted by atomic mass is 10.1. The molecule has 25 heavy (non-hydrogen) atoms. The van der Waals surface area contributed by atoms with E-state index in [2.05, 4.69) is 21.2 Å². The summed E-state index contributed by atoms with van der Waals surface area (Å²) in [4.78, 5) is 26.2. The lowest BCUT2D eigenvalue weighted by Crippen LogP contribution is -2.46. The van der Waals surface area contributed by atoms with Gasteiger partial charge in [0, 0.05) is 11.0 Å². The Morgan fingerprint density at radius 3 is 2.72 bits per heavy atom. The Kier molecular flexibility index (Phi) is 5.55. The molecule has 1 aromatic heterocycles. The summed E-state index contributed by atoms with van der Waals surface area (Å²) < 4.78 is 11.9. The van der Waals surface area contributed by atoms with Crippen LogP contribution in [0.3, 0.4) is 0 Å². The van der Waals surface area contributed by atoms with Crippen LogP contribution in [0, 0.1) is 6.92 Å². The molecule has 0 spiro atoms. The van der Waals surface area contributed by atoms with E-state index in [1.54, 1.807) is 17.9 Å². The molecule has 1 unspecified atom stereocenters. The summed E-state index contributed by atoms with van der Waals surface area (Å²) in [5.41, 5.74) is 1.47. The summed E-state index contributed by atoms with van der Waals surface area (Å²) in [6, 6.07) is 9.45. The molecule has 1 aromatic carbocycles. The number of benzene rings is 1. The number of aryl methyl sites for hydroxylation is 1. The number of carbonyl (C=O) groups excluding carboxylic acids is 2. The Labute approximate surface area is 154 Å². The summed E-state index contributed by atoms with van der Waals surface area (Å²) in [5, 5.41) is 2.65. The molecule has 0 aliphatic carbocycles. The highest BCUT2D eigenvalue weighted by Crippen LogP contribution is 2.23. The van der Waals surface area contributed by atoms with Gasteiger partial charge in [-0.1, -0.05) is 28.1 Å². The van der Waals surface area contributed by atoms with E-state index >= 15 is 0 Å². The average Bonchev–Trinajstić information content (AvgIpc) is 3.06. The number of hydrogen-bond donors (Lipinski definition) is 1. The van der Waals surface area contributed by atoms with Gasteiger partial charge in [0.1, 0.15) is 11.9 Å². The van der Waals surface area contributed by atoms with Crippen LogP contribution in [0.4, 0.5) is 0 Å². The first-order chi connectivity index (χ1) is 12.0. The van der Waals surface area contributed by atoms with Crippen molar-refractivity contribution in [2.24, 2.45) is 0 Å². The predicted octanol–water partition coefficient (Wildman–Crippen LogP) is 2.68. The lowest BCUT2D eigenvalue weighted by molar-refractivity contribution is -0.137. The van der Waals surface area contributed by atoms with Gasteiger partial charge in [0.2, 0.25) is 5.91 Å². The number of nitrogens with zero attached hydrogens (tertiary/aromatic N) is 1. The molecule has 6 nitrogen and oxygen atoms in total. The van der Waals surface area contributed by atoms with Crippen LogP contribution in [0.25, 0.3) is 0 Å². The van der Waals surface area contributed by atoms with Gasteiger partial charge < -0.3 is 19.4 Å². The zero-order valence-electron chi connectivity index (χ0n) is 13.8. The van der Waals surface area contributed by atoms with Crippen LogP contribution in [0.5, 0.6) is 0 Å². The zero-order valence-corrected chi connectivity index (χ0v) is 15.4. The van der Waals surface area contributed by atoms with Crippen LogP contribution < -0.4 is 5.32 Å². The Morgan fingerprint density at radius 1 is 1.28 bits per heavy atom. The molecular formula is C18H19BrN2O4. The predicted molar refractivity (Wildman–Crippen MR) is 95.2 cm³/mol. The van der Waals surface area contributed by atoms with Gasteiger partial charge in [-0.05, 0) is 30.7 Å². The first-order valence-electron chi connectivity index (χ1n) is 8.01. The third-order valence-corrected chi connectivity index (χ3v) is 4.69. The van der Waals surface area contributed by atoms with Gasteiger partial charge in [-0.15, -0.1) is 0 Å². The van der Waals surface area contributed by atoms with Crippen LogP contribution in [-0.2, 0) is 9.53 Å². The van der Waals surface area contributed by atoms with Crippen molar-refractivity contribution in [1.29, 1.82) is 0 Å². The van der Waals surface area contributed by atoms with Crippen molar-refractivity contribution in [3.63, 3.8) is 0 Å². The van der Waals surface area contributed by atoms with Crippen LogP contribution in [-0.4, -0.2) is 43.0 Å². The molecule has 2 heterocycles. The van der Waals surface area contributed by atoms with E-state index in [9.17, 15) is 9.59 Å². The Bertz CT molecular complexity index is 757. The minimum Gasteiger partial charge on any atom is -0.469 e. The number of nitrogens with one attached hydrogen (secondary N) is 1. The van der Waals surface area contributed by atoms with Crippen molar-refractivity contribution in [2.45, 2.75) is 13.0 Å². The lowest BCUT2D eigenvalue weighted by Gasteiger charge is -2.33. The zero-order chi connectivity index (χ0) is 17.8. The number of amides is 2. The van der Waals surface area contributed by atoms with E-state index in [1.807, 2.05) is 24.3 Å². The molecule has 2 aromatic rings. The fourth-order valence-corrected chi connectivity index (χ4v) is 3.00. The first-order valence-corrected chi connectivity index (χ1v) is 8.81. The number of halogens is 1. The summed E-state index contributed by atoms with van der Waals surface area (Å²) in [7, 11) is 0. The van der Waals surface area contributed by atoms with Crippen LogP contribution in [0.15, 0.2) is 45.5 Å². The average molecular weight is 407 g/mol. The number of rotatable bonds is 4. The topological polar surface area (TPSA) is 71.8 Å². The molecule has 1 aliphatic heterocycles. The maximum Gasteiger partial charge on any atom is 0.255 e. The highest BCUT2D eigenvalue weighted by Gasteiger charge is 2.25. The third-order valence-electron chi connectivity index (χ3n) is 4.16. The van der Waals surface area contributed by atoms with Crippen molar-refractivity contribution in [3.8, 4) is 0 Å². The largest absolute Gasteiger partial charge is 0.469 e. The normalized spacial score (nSPS) is 17.4. The van der Waals surface area contributed by atoms with Crippen molar-refractivity contribution in [1.82, 2.24) is 10.2 Å². The summed E-state index contributed by atoms with van der Waals surface area (Å²) >= 11 is 3.41. The molecule has 1 saturated heterocycles. The highest BCUT2D eigenvalue weighted by atomic mass is 79.9. The SMILES string of the molecule is Cc1occc1C(=O)NCC(=O)N1CCOC(c2ccc(Br)cc2)C1. The minimum absolute atomic E-state index is 0.0451. The number of carbonyl (C=O) groups is 2. The van der Waals surface area contributed by atoms with E-state index in [4.69, 9.17) is 9.15 Å². The molecular weight excluding hydrogens is 388 g/mol. The molecule has 1 N–H and O–H groups in total. The van der Waals surface area contributed by atoms with E-state index in [-0.39, 0.29) is 24.5 Å². The van der Waals surface area contributed by atoms with Crippen molar-refractivity contribution in [3.05, 3.63) is 58.0 Å². The van der Waals surface area contributed by atoms with E-state index in [0.717, 1.165) is 10.0 Å². The van der Waals surface area contributed by atoms with Crippen molar-refractivity contribution >= 4 is 27.7 Å². The van der Waals surface area contributed by atoms with Gasteiger partial charge >= 0.3 is 0 Å². The van der Waals surface area contributed by atoms with Crippen LogP contribution in [0.1, 0.15) is 27.8 Å². The Balaban J connectivity index is 1.56. The van der Waals surface area contributed by atoms with Crippen LogP contribution in [0.2, 0.25) is 0 Å². The van der Waals surface area contributed by atoms with Crippen molar-refractivity contribution < 1.29 is 18.7 Å². The van der Waals surface area contributed by atoms with Crippen molar-refractivity contribution in [2.75, 3.05) is 26.2 Å². The smallest absolute Gasteiger partial charge is 0.255 e. The van der Waals surface area contributed by atoms with Gasteiger partial charge in [0.15, 0.2) is 0 Å². The summed E-state index contributed by atoms with van der Waals surface area (Å²) in [5.74, 6) is 0.101.